The molecule has 1 aliphatic rings. The van der Waals surface area contributed by atoms with Crippen molar-refractivity contribution in [1.82, 2.24) is 24.9 Å². The van der Waals surface area contributed by atoms with Crippen molar-refractivity contribution in [2.45, 2.75) is 89.3 Å². The number of para-hydroxylation sites is 1. The van der Waals surface area contributed by atoms with Gasteiger partial charge in [0.05, 0.1) is 6.61 Å². The van der Waals surface area contributed by atoms with Gasteiger partial charge in [-0.25, -0.2) is 18.8 Å². The van der Waals surface area contributed by atoms with Crippen molar-refractivity contribution in [3.05, 3.63) is 126 Å². The molecule has 15 heteroatoms. The number of likely N-dealkylation sites (N-methyl/N-ethyl adjacent to an activating group) is 1. The number of aliphatic hydroxyl groups excluding tert-OH is 1. The molecule has 5 atom stereocenters. The van der Waals surface area contributed by atoms with Crippen molar-refractivity contribution < 1.29 is 32.6 Å². The van der Waals surface area contributed by atoms with Gasteiger partial charge in [-0.15, -0.1) is 0 Å². The van der Waals surface area contributed by atoms with Crippen LogP contribution in [-0.2, 0) is 18.6 Å². The van der Waals surface area contributed by atoms with Crippen LogP contribution in [0.1, 0.15) is 71.4 Å². The average Bonchev–Trinajstić information content (AvgIpc) is 3.41. The Morgan fingerprint density at radius 3 is 2.12 bits per heavy atom. The molecule has 0 bridgehead atoms. The maximum Gasteiger partial charge on any atom is 0.458 e. The van der Waals surface area contributed by atoms with Gasteiger partial charge in [0.2, 0.25) is 5.91 Å². The summed E-state index contributed by atoms with van der Waals surface area (Å²) in [6.07, 6.45) is 29.2. The highest BCUT2D eigenvalue weighted by molar-refractivity contribution is 7.52. The Labute approximate surface area is 342 Å². The minimum Gasteiger partial charge on any atom is -0.413 e. The number of nitrogen functional groups attached to an aromatic ring is 1. The highest BCUT2D eigenvalue weighted by atomic mass is 31.2. The first kappa shape index (κ1) is 47.9. The van der Waals surface area contributed by atoms with E-state index in [9.17, 15) is 19.3 Å². The van der Waals surface area contributed by atoms with Crippen LogP contribution >= 0.6 is 7.75 Å². The normalized spacial score (nSPS) is 21.2. The molecule has 1 aromatic heterocycles. The molecule has 3 rings (SSSR count). The van der Waals surface area contributed by atoms with E-state index in [4.69, 9.17) is 19.5 Å². The number of aliphatic hydroxyl groups is 1. The second-order valence-corrected chi connectivity index (χ2v) is 15.6. The number of nitrogens with two attached hydrogens (primary N) is 1. The second-order valence-electron chi connectivity index (χ2n) is 13.9. The van der Waals surface area contributed by atoms with Crippen LogP contribution in [0.5, 0.6) is 5.75 Å². The number of rotatable bonds is 27. The Balaban J connectivity index is 1.32. The Bertz CT molecular complexity index is 1800. The van der Waals surface area contributed by atoms with Crippen molar-refractivity contribution in [1.29, 1.82) is 0 Å². The second kappa shape index (κ2) is 26.5. The molecule has 0 saturated carbocycles. The average molecular weight is 825 g/mol. The van der Waals surface area contributed by atoms with Crippen molar-refractivity contribution >= 4 is 19.5 Å². The number of hydrogen-bond donors (Lipinski definition) is 4. The lowest BCUT2D eigenvalue weighted by molar-refractivity contribution is -0.121. The number of alkyl halides is 1. The fraction of sp³-hybridized carbons (Fsp3) is 0.465. The van der Waals surface area contributed by atoms with E-state index in [-0.39, 0.29) is 24.0 Å². The summed E-state index contributed by atoms with van der Waals surface area (Å²) in [6, 6.07) is 9.68. The number of carbonyl (C=O) groups is 1. The Kier molecular flexibility index (Phi) is 21.9. The van der Waals surface area contributed by atoms with Crippen molar-refractivity contribution in [3.63, 3.8) is 0 Å². The Morgan fingerprint density at radius 2 is 1.53 bits per heavy atom. The summed E-state index contributed by atoms with van der Waals surface area (Å²) in [5, 5.41) is 16.5. The molecule has 2 aromatic rings. The summed E-state index contributed by atoms with van der Waals surface area (Å²) in [5.41, 5.74) is 2.28. The minimum absolute atomic E-state index is 0.0410. The van der Waals surface area contributed by atoms with Gasteiger partial charge in [0.1, 0.15) is 23.8 Å². The van der Waals surface area contributed by atoms with E-state index in [1.807, 2.05) is 18.0 Å². The Morgan fingerprint density at radius 1 is 0.966 bits per heavy atom. The fourth-order valence-electron chi connectivity index (χ4n) is 5.67. The number of hydrogen-bond acceptors (Lipinski definition) is 10. The standard InChI is InChI=1S/C43H62FN6O7P/c1-4-5-6-7-8-9-10-11-12-13-14-15-16-17-18-19-20-21-25-28-39(51)46-30-33-49(3)34-31-47-58(54,57-36-26-23-22-24-27-36)55-35-37-40(52)43(2,44)41(56-37)50-32-29-38(45)48-42(50)53/h5-6,8-9,11-12,14-15,17-18,20-24,26-27,29,32,37,40-41,52H,4,7,10,13,16,19,25,28,30-31,33-35H2,1-3H3,(H,46,51)(H,47,54)(H2,45,48,53)/b6-5-,9-8-,12-11-,15-14-,18-17-,21-20-/t37-,40-,41-,43-,58?/m1/s1. The van der Waals surface area contributed by atoms with Gasteiger partial charge < -0.3 is 30.3 Å². The lowest BCUT2D eigenvalue weighted by Crippen LogP contribution is -2.43. The molecule has 13 nitrogen and oxygen atoms in total. The predicted molar refractivity (Wildman–Crippen MR) is 229 cm³/mol. The lowest BCUT2D eigenvalue weighted by atomic mass is 9.98. The SMILES string of the molecule is CC/C=C\C/C=C\C/C=C\C/C=C\C/C=C\C/C=C\CCC(=O)NCCN(C)CCNP(=O)(OC[C@H]1O[C@@H](n2ccc(N)nc2=O)[C@](C)(F)[C@@H]1O)Oc1ccccc1. The lowest BCUT2D eigenvalue weighted by Gasteiger charge is -2.25. The van der Waals surface area contributed by atoms with E-state index in [2.05, 4.69) is 89.1 Å². The smallest absolute Gasteiger partial charge is 0.413 e. The molecule has 1 fully saturated rings. The van der Waals surface area contributed by atoms with E-state index in [1.54, 1.807) is 30.3 Å². The molecule has 1 unspecified atom stereocenters. The number of benzene rings is 1. The topological polar surface area (TPSA) is 170 Å². The van der Waals surface area contributed by atoms with Gasteiger partial charge in [0.15, 0.2) is 11.9 Å². The van der Waals surface area contributed by atoms with Crippen LogP contribution in [0.25, 0.3) is 0 Å². The first-order chi connectivity index (χ1) is 27.9. The highest BCUT2D eigenvalue weighted by Crippen LogP contribution is 2.47. The zero-order valence-corrected chi connectivity index (χ0v) is 34.9. The molecule has 5 N–H and O–H groups in total. The van der Waals surface area contributed by atoms with Gasteiger partial charge in [-0.1, -0.05) is 98.0 Å². The summed E-state index contributed by atoms with van der Waals surface area (Å²) in [7, 11) is -2.23. The van der Waals surface area contributed by atoms with Crippen LogP contribution in [0, 0.1) is 0 Å². The molecule has 2 heterocycles. The van der Waals surface area contributed by atoms with Gasteiger partial charge >= 0.3 is 13.4 Å². The first-order valence-electron chi connectivity index (χ1n) is 19.9. The summed E-state index contributed by atoms with van der Waals surface area (Å²) in [4.78, 5) is 30.3. The molecule has 1 aliphatic heterocycles. The molecule has 0 spiro atoms. The molecule has 58 heavy (non-hydrogen) atoms. The van der Waals surface area contributed by atoms with Gasteiger partial charge in [-0.3, -0.25) is 13.9 Å². The fourth-order valence-corrected chi connectivity index (χ4v) is 6.99. The van der Waals surface area contributed by atoms with Crippen LogP contribution in [0.4, 0.5) is 10.2 Å². The summed E-state index contributed by atoms with van der Waals surface area (Å²) < 4.78 is 47.6. The molecule has 0 radical (unpaired) electrons. The van der Waals surface area contributed by atoms with E-state index < -0.39 is 44.1 Å². The zero-order valence-electron chi connectivity index (χ0n) is 34.0. The van der Waals surface area contributed by atoms with Crippen LogP contribution in [-0.4, -0.2) is 83.2 Å². The van der Waals surface area contributed by atoms with Crippen LogP contribution in [0.3, 0.4) is 0 Å². The number of anilines is 1. The van der Waals surface area contributed by atoms with E-state index >= 15 is 4.39 Å². The number of amides is 1. The Hall–Kier alpha value is -4.43. The van der Waals surface area contributed by atoms with E-state index in [0.717, 1.165) is 50.0 Å². The van der Waals surface area contributed by atoms with Gasteiger partial charge in [0.25, 0.3) is 0 Å². The molecular formula is C43H62FN6O7P. The summed E-state index contributed by atoms with van der Waals surface area (Å²) in [5.74, 6) is 0.174. The molecular weight excluding hydrogens is 762 g/mol. The van der Waals surface area contributed by atoms with E-state index in [1.165, 1.54) is 12.3 Å². The number of nitrogens with one attached hydrogen (secondary N) is 2. The highest BCUT2D eigenvalue weighted by Gasteiger charge is 2.55. The number of halogens is 1. The maximum absolute atomic E-state index is 15.7. The minimum atomic E-state index is -4.08. The number of allylic oxidation sites excluding steroid dienone is 12. The van der Waals surface area contributed by atoms with Gasteiger partial charge in [-0.2, -0.15) is 4.98 Å². The number of aromatic nitrogens is 2. The van der Waals surface area contributed by atoms with Crippen LogP contribution in [0.2, 0.25) is 0 Å². The van der Waals surface area contributed by atoms with Crippen molar-refractivity contribution in [2.75, 3.05) is 45.6 Å². The van der Waals surface area contributed by atoms with Gasteiger partial charge in [-0.05, 0) is 77.1 Å². The molecule has 0 aliphatic carbocycles. The first-order valence-corrected chi connectivity index (χ1v) is 21.5. The largest absolute Gasteiger partial charge is 0.458 e. The number of carbonyl (C=O) groups excluding carboxylic acids is 1. The van der Waals surface area contributed by atoms with Gasteiger partial charge in [0, 0.05) is 38.8 Å². The summed E-state index contributed by atoms with van der Waals surface area (Å²) >= 11 is 0. The molecule has 1 saturated heterocycles. The molecule has 1 amide bonds. The quantitative estimate of drug-likeness (QED) is 0.0534. The zero-order chi connectivity index (χ0) is 42.1. The predicted octanol–water partition coefficient (Wildman–Crippen LogP) is 7.13. The van der Waals surface area contributed by atoms with Crippen LogP contribution < -0.4 is 26.4 Å². The maximum atomic E-state index is 15.7. The third kappa shape index (κ3) is 18.0. The van der Waals surface area contributed by atoms with Crippen LogP contribution in [0.15, 0.2) is 120 Å². The molecule has 318 valence electrons. The number of nitrogens with zero attached hydrogens (tertiary/aromatic N) is 3. The monoisotopic (exact) mass is 824 g/mol. The molecule has 1 aromatic carbocycles. The van der Waals surface area contributed by atoms with Crippen molar-refractivity contribution in [2.24, 2.45) is 0 Å². The third-order valence-corrected chi connectivity index (χ3v) is 10.5. The third-order valence-electron chi connectivity index (χ3n) is 8.95. The number of ether oxygens (including phenoxy) is 1. The van der Waals surface area contributed by atoms with E-state index in [0.29, 0.717) is 32.5 Å². The van der Waals surface area contributed by atoms with Crippen molar-refractivity contribution in [3.8, 4) is 5.75 Å². The summed E-state index contributed by atoms with van der Waals surface area (Å²) in [6.45, 7) is 4.26.